The maximum absolute atomic E-state index is 13.0. The van der Waals surface area contributed by atoms with Crippen LogP contribution in [0.5, 0.6) is 0 Å². The topological polar surface area (TPSA) is 20.3 Å². The third-order valence-electron chi connectivity index (χ3n) is 4.98. The van der Waals surface area contributed by atoms with Crippen molar-refractivity contribution in [3.05, 3.63) is 65.8 Å². The van der Waals surface area contributed by atoms with Gasteiger partial charge in [0.05, 0.1) is 0 Å². The normalized spacial score (nSPS) is 15.6. The van der Waals surface area contributed by atoms with Crippen LogP contribution in [-0.2, 0) is 26.2 Å². The van der Waals surface area contributed by atoms with Crippen LogP contribution < -0.4 is 0 Å². The van der Waals surface area contributed by atoms with E-state index in [1.807, 2.05) is 26.1 Å². The van der Waals surface area contributed by atoms with Gasteiger partial charge in [0.1, 0.15) is 0 Å². The molecule has 0 N–H and O–H groups in total. The van der Waals surface area contributed by atoms with E-state index in [2.05, 4.69) is 83.0 Å². The van der Waals surface area contributed by atoms with E-state index in [1.54, 1.807) is 6.08 Å². The average Bonchev–Trinajstić information content (AvgIpc) is 2.90. The monoisotopic (exact) mass is 445 g/mol. The van der Waals surface area contributed by atoms with Gasteiger partial charge < -0.3 is 9.03 Å². The van der Waals surface area contributed by atoms with E-state index in [4.69, 9.17) is 0 Å². The van der Waals surface area contributed by atoms with Crippen molar-refractivity contribution in [2.45, 2.75) is 72.4 Å². The summed E-state index contributed by atoms with van der Waals surface area (Å²) in [6.45, 7) is 18.6. The van der Waals surface area contributed by atoms with Crippen LogP contribution in [0.4, 0.5) is 0 Å². The zero-order chi connectivity index (χ0) is 21.5. The first-order chi connectivity index (χ1) is 12.9. The predicted octanol–water partition coefficient (Wildman–Crippen LogP) is 7.00. The first-order valence-corrected chi connectivity index (χ1v) is 11.8. The SMILES string of the molecule is C=CC=CC.CN([Si](=O)CC1C(CC(C)(C)C)=Cc2ccccc21)C(C)(C)C.[Ti+2]. The number of hydrogen-bond acceptors (Lipinski definition) is 1. The van der Waals surface area contributed by atoms with Gasteiger partial charge in [0.15, 0.2) is 0 Å². The van der Waals surface area contributed by atoms with Gasteiger partial charge in [0, 0.05) is 24.5 Å². The standard InChI is InChI=1S/C20H31NOSi.C5H8.Ti/c1-19(2,3)13-16-12-15-10-8-9-11-17(15)18(16)14-23(22)21(7)20(4,5)6;1-3-5-4-2;/h8-12,18H,13-14H2,1-7H3;3-5H,1H2,2H3;/q;;+2. The number of hydrogen-bond donors (Lipinski definition) is 0. The smallest absolute Gasteiger partial charge is 0.375 e. The van der Waals surface area contributed by atoms with Crippen LogP contribution in [-0.4, -0.2) is 26.0 Å². The van der Waals surface area contributed by atoms with Crippen LogP contribution >= 0.6 is 0 Å². The van der Waals surface area contributed by atoms with Crippen molar-refractivity contribution in [1.29, 1.82) is 0 Å². The molecular formula is C25H39NOSiTi+2. The first-order valence-electron chi connectivity index (χ1n) is 10.2. The molecule has 0 saturated heterocycles. The van der Waals surface area contributed by atoms with Crippen LogP contribution in [0.1, 0.15) is 71.9 Å². The van der Waals surface area contributed by atoms with Crippen molar-refractivity contribution in [1.82, 2.24) is 4.57 Å². The van der Waals surface area contributed by atoms with Crippen LogP contribution in [0.15, 0.2) is 54.6 Å². The molecule has 1 aliphatic carbocycles. The van der Waals surface area contributed by atoms with Gasteiger partial charge in [-0.3, -0.25) is 0 Å². The van der Waals surface area contributed by atoms with E-state index in [9.17, 15) is 4.46 Å². The average molecular weight is 446 g/mol. The number of fused-ring (bicyclic) bond motifs is 1. The van der Waals surface area contributed by atoms with Crippen LogP contribution in [0.2, 0.25) is 6.04 Å². The molecule has 2 nitrogen and oxygen atoms in total. The summed E-state index contributed by atoms with van der Waals surface area (Å²) in [6, 6.07) is 9.33. The van der Waals surface area contributed by atoms with E-state index in [-0.39, 0.29) is 32.7 Å². The number of rotatable bonds is 5. The van der Waals surface area contributed by atoms with Crippen LogP contribution in [0.25, 0.3) is 6.08 Å². The molecule has 0 aromatic heterocycles. The Labute approximate surface area is 195 Å². The van der Waals surface area contributed by atoms with Crippen LogP contribution in [0, 0.1) is 5.41 Å². The summed E-state index contributed by atoms with van der Waals surface area (Å²) < 4.78 is 15.0. The molecule has 1 aliphatic rings. The second-order valence-electron chi connectivity index (χ2n) is 9.73. The van der Waals surface area contributed by atoms with E-state index < -0.39 is 8.84 Å². The zero-order valence-electron chi connectivity index (χ0n) is 19.7. The minimum atomic E-state index is -1.79. The Morgan fingerprint density at radius 3 is 2.17 bits per heavy atom. The molecule has 0 saturated carbocycles. The molecule has 1 unspecified atom stereocenters. The van der Waals surface area contributed by atoms with E-state index in [0.29, 0.717) is 5.92 Å². The summed E-state index contributed by atoms with van der Waals surface area (Å²) in [5, 5.41) is 0. The maximum atomic E-state index is 13.0. The third kappa shape index (κ3) is 9.11. The fourth-order valence-corrected chi connectivity index (χ4v) is 5.16. The Morgan fingerprint density at radius 1 is 1.14 bits per heavy atom. The summed E-state index contributed by atoms with van der Waals surface area (Å²) in [5.41, 5.74) is 4.30. The van der Waals surface area contributed by atoms with Gasteiger partial charge in [0.2, 0.25) is 0 Å². The second-order valence-corrected chi connectivity index (χ2v) is 11.6. The van der Waals surface area contributed by atoms with Crippen molar-refractivity contribution in [2.75, 3.05) is 7.05 Å². The minimum Gasteiger partial charge on any atom is -0.375 e. The van der Waals surface area contributed by atoms with Gasteiger partial charge in [-0.25, -0.2) is 0 Å². The van der Waals surface area contributed by atoms with Gasteiger partial charge in [0.25, 0.3) is 0 Å². The van der Waals surface area contributed by atoms with Gasteiger partial charge in [-0.15, -0.1) is 0 Å². The Kier molecular flexibility index (Phi) is 11.6. The van der Waals surface area contributed by atoms with E-state index in [1.165, 1.54) is 16.7 Å². The molecule has 0 fully saturated rings. The summed E-state index contributed by atoms with van der Waals surface area (Å²) in [4.78, 5) is 0. The molecule has 1 atom stereocenters. The minimum absolute atomic E-state index is 0. The molecule has 4 heteroatoms. The fraction of sp³-hybridized carbons (Fsp3) is 0.520. The quantitative estimate of drug-likeness (QED) is 0.359. The van der Waals surface area contributed by atoms with E-state index >= 15 is 0 Å². The summed E-state index contributed by atoms with van der Waals surface area (Å²) in [6.07, 6.45) is 8.96. The van der Waals surface area contributed by atoms with Crippen molar-refractivity contribution >= 4 is 14.9 Å². The molecule has 1 aromatic carbocycles. The van der Waals surface area contributed by atoms with Gasteiger partial charge in [-0.1, -0.05) is 81.5 Å². The van der Waals surface area contributed by atoms with Crippen molar-refractivity contribution in [2.24, 2.45) is 5.41 Å². The molecule has 0 heterocycles. The molecule has 156 valence electrons. The fourth-order valence-electron chi connectivity index (χ4n) is 3.31. The van der Waals surface area contributed by atoms with Gasteiger partial charge in [-0.2, -0.15) is 0 Å². The number of nitrogens with zero attached hydrogens (tertiary/aromatic N) is 1. The molecule has 0 bridgehead atoms. The molecular weight excluding hydrogens is 406 g/mol. The van der Waals surface area contributed by atoms with E-state index in [0.717, 1.165) is 12.5 Å². The molecule has 0 radical (unpaired) electrons. The summed E-state index contributed by atoms with van der Waals surface area (Å²) in [7, 11) is 0.201. The second kappa shape index (κ2) is 12.0. The Morgan fingerprint density at radius 2 is 1.72 bits per heavy atom. The first kappa shape index (κ1) is 28.0. The molecule has 29 heavy (non-hydrogen) atoms. The number of benzene rings is 1. The molecule has 0 spiro atoms. The molecule has 1 aromatic rings. The molecule has 0 aliphatic heterocycles. The van der Waals surface area contributed by atoms with Crippen molar-refractivity contribution in [3.8, 4) is 0 Å². The summed E-state index contributed by atoms with van der Waals surface area (Å²) in [5.74, 6) is 0.307. The third-order valence-corrected chi connectivity index (χ3v) is 7.16. The summed E-state index contributed by atoms with van der Waals surface area (Å²) >= 11 is 0. The van der Waals surface area contributed by atoms with Crippen LogP contribution in [0.3, 0.4) is 0 Å². The molecule has 2 rings (SSSR count). The molecule has 0 amide bonds. The Bertz CT molecular complexity index is 738. The Hall–Kier alpha value is -1.03. The maximum Gasteiger partial charge on any atom is 2.00 e. The Balaban J connectivity index is 0.00000117. The van der Waals surface area contributed by atoms with Gasteiger partial charge in [-0.05, 0) is 50.7 Å². The van der Waals surface area contributed by atoms with Crippen molar-refractivity contribution in [3.63, 3.8) is 0 Å². The number of allylic oxidation sites excluding steroid dienone is 4. The zero-order valence-corrected chi connectivity index (χ0v) is 22.2. The predicted molar refractivity (Wildman–Crippen MR) is 125 cm³/mol. The largest absolute Gasteiger partial charge is 2.00 e. The van der Waals surface area contributed by atoms with Crippen molar-refractivity contribution < 1.29 is 26.2 Å². The van der Waals surface area contributed by atoms with Gasteiger partial charge >= 0.3 is 30.6 Å².